The summed E-state index contributed by atoms with van der Waals surface area (Å²) in [6.07, 6.45) is -0.471. The zero-order valence-electron chi connectivity index (χ0n) is 6.56. The molecule has 1 aliphatic heterocycles. The molecular formula is C7H14O4. The van der Waals surface area contributed by atoms with Crippen LogP contribution in [0.2, 0.25) is 0 Å². The van der Waals surface area contributed by atoms with Gasteiger partial charge in [0.1, 0.15) is 6.10 Å². The summed E-state index contributed by atoms with van der Waals surface area (Å²) in [6, 6.07) is 0. The van der Waals surface area contributed by atoms with Gasteiger partial charge in [0.2, 0.25) is 0 Å². The summed E-state index contributed by atoms with van der Waals surface area (Å²) >= 11 is 0. The van der Waals surface area contributed by atoms with E-state index < -0.39 is 12.2 Å². The normalized spacial score (nSPS) is 37.9. The Kier molecular flexibility index (Phi) is 3.26. The van der Waals surface area contributed by atoms with Crippen molar-refractivity contribution in [3.8, 4) is 0 Å². The molecule has 0 saturated carbocycles. The predicted octanol–water partition coefficient (Wildman–Crippen LogP) is -0.857. The fraction of sp³-hybridized carbons (Fsp3) is 1.00. The van der Waals surface area contributed by atoms with Crippen molar-refractivity contribution in [3.05, 3.63) is 0 Å². The topological polar surface area (TPSA) is 58.9 Å². The minimum Gasteiger partial charge on any atom is -0.394 e. The summed E-state index contributed by atoms with van der Waals surface area (Å²) in [7, 11) is 1.59. The highest BCUT2D eigenvalue weighted by atomic mass is 16.6. The van der Waals surface area contributed by atoms with Crippen LogP contribution in [0.3, 0.4) is 0 Å². The van der Waals surface area contributed by atoms with E-state index in [1.165, 1.54) is 0 Å². The molecule has 0 bridgehead atoms. The van der Waals surface area contributed by atoms with Gasteiger partial charge in [-0.3, -0.25) is 0 Å². The van der Waals surface area contributed by atoms with Crippen LogP contribution in [0.5, 0.6) is 0 Å². The molecule has 1 heterocycles. The zero-order valence-corrected chi connectivity index (χ0v) is 6.56. The van der Waals surface area contributed by atoms with Crippen LogP contribution in [-0.4, -0.2) is 48.8 Å². The summed E-state index contributed by atoms with van der Waals surface area (Å²) in [4.78, 5) is 0. The minimum atomic E-state index is -0.542. The van der Waals surface area contributed by atoms with E-state index in [4.69, 9.17) is 14.6 Å². The van der Waals surface area contributed by atoms with Crippen LogP contribution >= 0.6 is 0 Å². The van der Waals surface area contributed by atoms with Gasteiger partial charge in [0.05, 0.1) is 25.4 Å². The van der Waals surface area contributed by atoms with Crippen molar-refractivity contribution in [1.82, 2.24) is 0 Å². The second-order valence-electron chi connectivity index (χ2n) is 2.74. The lowest BCUT2D eigenvalue weighted by atomic mass is 10.1. The maximum atomic E-state index is 9.25. The van der Waals surface area contributed by atoms with Crippen molar-refractivity contribution in [1.29, 1.82) is 0 Å². The number of methoxy groups -OCH3 is 1. The van der Waals surface area contributed by atoms with E-state index in [0.29, 0.717) is 13.0 Å². The quantitative estimate of drug-likeness (QED) is 0.567. The first-order chi connectivity index (χ1) is 5.27. The van der Waals surface area contributed by atoms with Gasteiger partial charge in [-0.1, -0.05) is 0 Å². The van der Waals surface area contributed by atoms with Crippen molar-refractivity contribution in [2.75, 3.05) is 20.3 Å². The molecule has 1 saturated heterocycles. The third-order valence-electron chi connectivity index (χ3n) is 1.83. The first-order valence-corrected chi connectivity index (χ1v) is 3.71. The van der Waals surface area contributed by atoms with Crippen molar-refractivity contribution in [2.45, 2.75) is 24.7 Å². The van der Waals surface area contributed by atoms with E-state index in [-0.39, 0.29) is 12.7 Å². The average Bonchev–Trinajstić information content (AvgIpc) is 2.32. The molecule has 4 nitrogen and oxygen atoms in total. The Balaban J connectivity index is 2.30. The van der Waals surface area contributed by atoms with Crippen LogP contribution in [0.4, 0.5) is 0 Å². The number of aliphatic hydroxyl groups excluding tert-OH is 2. The molecule has 0 aromatic carbocycles. The highest BCUT2D eigenvalue weighted by Gasteiger charge is 2.32. The highest BCUT2D eigenvalue weighted by molar-refractivity contribution is 4.81. The van der Waals surface area contributed by atoms with Crippen molar-refractivity contribution >= 4 is 0 Å². The maximum absolute atomic E-state index is 9.25. The van der Waals surface area contributed by atoms with Crippen molar-refractivity contribution < 1.29 is 19.7 Å². The third kappa shape index (κ3) is 2.13. The molecule has 11 heavy (non-hydrogen) atoms. The van der Waals surface area contributed by atoms with E-state index >= 15 is 0 Å². The fourth-order valence-corrected chi connectivity index (χ4v) is 1.27. The van der Waals surface area contributed by atoms with Gasteiger partial charge in [-0.2, -0.15) is 0 Å². The average molecular weight is 162 g/mol. The Labute approximate surface area is 65.7 Å². The molecular weight excluding hydrogens is 148 g/mol. The fourth-order valence-electron chi connectivity index (χ4n) is 1.27. The summed E-state index contributed by atoms with van der Waals surface area (Å²) in [5, 5.41) is 17.9. The van der Waals surface area contributed by atoms with Crippen LogP contribution in [0, 0.1) is 0 Å². The molecule has 1 fully saturated rings. The largest absolute Gasteiger partial charge is 0.394 e. The van der Waals surface area contributed by atoms with E-state index in [1.54, 1.807) is 7.11 Å². The van der Waals surface area contributed by atoms with E-state index in [0.717, 1.165) is 0 Å². The van der Waals surface area contributed by atoms with Crippen LogP contribution in [-0.2, 0) is 9.47 Å². The lowest BCUT2D eigenvalue weighted by Crippen LogP contribution is -2.24. The molecule has 1 aliphatic rings. The van der Waals surface area contributed by atoms with Gasteiger partial charge in [0, 0.05) is 13.5 Å². The summed E-state index contributed by atoms with van der Waals surface area (Å²) in [5.74, 6) is 0. The SMILES string of the molecule is COCC1CC(O)C(CO)O1. The number of hydrogen-bond acceptors (Lipinski definition) is 4. The van der Waals surface area contributed by atoms with Crippen LogP contribution in [0.1, 0.15) is 6.42 Å². The van der Waals surface area contributed by atoms with Gasteiger partial charge in [-0.15, -0.1) is 0 Å². The lowest BCUT2D eigenvalue weighted by molar-refractivity contribution is -0.0413. The van der Waals surface area contributed by atoms with Crippen molar-refractivity contribution in [2.24, 2.45) is 0 Å². The molecule has 2 N–H and O–H groups in total. The Morgan fingerprint density at radius 1 is 1.64 bits per heavy atom. The first-order valence-electron chi connectivity index (χ1n) is 3.71. The molecule has 0 spiro atoms. The zero-order chi connectivity index (χ0) is 8.27. The van der Waals surface area contributed by atoms with Crippen LogP contribution in [0.15, 0.2) is 0 Å². The van der Waals surface area contributed by atoms with E-state index in [2.05, 4.69) is 0 Å². The third-order valence-corrected chi connectivity index (χ3v) is 1.83. The van der Waals surface area contributed by atoms with E-state index in [9.17, 15) is 5.11 Å². The maximum Gasteiger partial charge on any atom is 0.107 e. The van der Waals surface area contributed by atoms with Crippen LogP contribution < -0.4 is 0 Å². The monoisotopic (exact) mass is 162 g/mol. The Bertz CT molecular complexity index is 117. The molecule has 0 aromatic heterocycles. The molecule has 1 rings (SSSR count). The molecule has 0 radical (unpaired) electrons. The van der Waals surface area contributed by atoms with Gasteiger partial charge in [0.25, 0.3) is 0 Å². The van der Waals surface area contributed by atoms with Gasteiger partial charge in [0.15, 0.2) is 0 Å². The summed E-state index contributed by atoms with van der Waals surface area (Å²) < 4.78 is 10.1. The predicted molar refractivity (Wildman–Crippen MR) is 38.2 cm³/mol. The van der Waals surface area contributed by atoms with Crippen LogP contribution in [0.25, 0.3) is 0 Å². The summed E-state index contributed by atoms with van der Waals surface area (Å²) in [6.45, 7) is 0.356. The number of rotatable bonds is 3. The Morgan fingerprint density at radius 3 is 2.82 bits per heavy atom. The Hall–Kier alpha value is -0.160. The molecule has 3 atom stereocenters. The molecule has 3 unspecified atom stereocenters. The summed E-state index contributed by atoms with van der Waals surface area (Å²) in [5.41, 5.74) is 0. The van der Waals surface area contributed by atoms with Crippen molar-refractivity contribution in [3.63, 3.8) is 0 Å². The molecule has 66 valence electrons. The van der Waals surface area contributed by atoms with Gasteiger partial charge in [-0.25, -0.2) is 0 Å². The first kappa shape index (κ1) is 8.93. The highest BCUT2D eigenvalue weighted by Crippen LogP contribution is 2.19. The standard InChI is InChI=1S/C7H14O4/c1-10-4-5-2-6(9)7(3-8)11-5/h5-9H,2-4H2,1H3. The number of ether oxygens (including phenoxy) is 2. The van der Waals surface area contributed by atoms with Gasteiger partial charge >= 0.3 is 0 Å². The molecule has 0 aliphatic carbocycles. The molecule has 0 amide bonds. The minimum absolute atomic E-state index is 0.0628. The molecule has 0 aromatic rings. The smallest absolute Gasteiger partial charge is 0.107 e. The van der Waals surface area contributed by atoms with Gasteiger partial charge in [-0.05, 0) is 0 Å². The number of hydrogen-bond donors (Lipinski definition) is 2. The van der Waals surface area contributed by atoms with E-state index in [1.807, 2.05) is 0 Å². The van der Waals surface area contributed by atoms with Gasteiger partial charge < -0.3 is 19.7 Å². The molecule has 4 heteroatoms. The second kappa shape index (κ2) is 4.01. The Morgan fingerprint density at radius 2 is 2.36 bits per heavy atom. The second-order valence-corrected chi connectivity index (χ2v) is 2.74. The number of aliphatic hydroxyl groups is 2. The lowest BCUT2D eigenvalue weighted by Gasteiger charge is -2.10.